The first-order valence-electron chi connectivity index (χ1n) is 4.07. The Hall–Kier alpha value is -0.370. The summed E-state index contributed by atoms with van der Waals surface area (Å²) in [5.74, 6) is 0. The van der Waals surface area contributed by atoms with Crippen molar-refractivity contribution in [3.05, 3.63) is 22.2 Å². The van der Waals surface area contributed by atoms with Crippen LogP contribution in [-0.2, 0) is 0 Å². The number of hydrogen-bond acceptors (Lipinski definition) is 1. The number of hydrogen-bond donors (Lipinski definition) is 0. The van der Waals surface area contributed by atoms with E-state index in [0.29, 0.717) is 0 Å². The van der Waals surface area contributed by atoms with Crippen molar-refractivity contribution < 1.29 is 0 Å². The van der Waals surface area contributed by atoms with Crippen LogP contribution in [0.15, 0.2) is 22.2 Å². The quantitative estimate of drug-likeness (QED) is 0.631. The Labute approximate surface area is 72.9 Å². The van der Waals surface area contributed by atoms with Gasteiger partial charge in [-0.3, -0.25) is 5.32 Å². The van der Waals surface area contributed by atoms with Crippen molar-refractivity contribution in [3.63, 3.8) is 0 Å². The average molecular weight is 168 g/mol. The maximum Gasteiger partial charge on any atom is 0.0471 e. The van der Waals surface area contributed by atoms with Crippen LogP contribution in [0.25, 0.3) is 0 Å². The molecule has 1 nitrogen and oxygen atoms in total. The molecular weight excluding hydrogens is 154 g/mol. The monoisotopic (exact) mass is 168 g/mol. The van der Waals surface area contributed by atoms with Crippen molar-refractivity contribution in [3.8, 4) is 0 Å². The summed E-state index contributed by atoms with van der Waals surface area (Å²) < 4.78 is 0. The molecule has 0 aromatic carbocycles. The summed E-state index contributed by atoms with van der Waals surface area (Å²) in [6.45, 7) is 4.30. The third kappa shape index (κ3) is 2.62. The Morgan fingerprint density at radius 3 is 3.00 bits per heavy atom. The first-order chi connectivity index (χ1) is 5.34. The van der Waals surface area contributed by atoms with Crippen molar-refractivity contribution in [2.75, 3.05) is 0 Å². The van der Waals surface area contributed by atoms with Crippen LogP contribution < -0.4 is 5.32 Å². The number of thioether (sulfide) groups is 1. The van der Waals surface area contributed by atoms with Gasteiger partial charge in [0.15, 0.2) is 0 Å². The summed E-state index contributed by atoms with van der Waals surface area (Å²) in [5.41, 5.74) is 1.20. The maximum absolute atomic E-state index is 4.24. The third-order valence-corrected chi connectivity index (χ3v) is 2.74. The molecule has 0 amide bonds. The van der Waals surface area contributed by atoms with E-state index in [9.17, 15) is 0 Å². The molecule has 0 aliphatic carbocycles. The number of rotatable bonds is 3. The number of nitrogens with zero attached hydrogens (tertiary/aromatic N) is 1. The van der Waals surface area contributed by atoms with Crippen LogP contribution in [0.5, 0.6) is 0 Å². The van der Waals surface area contributed by atoms with E-state index in [-0.39, 0.29) is 0 Å². The van der Waals surface area contributed by atoms with Gasteiger partial charge in [0, 0.05) is 16.8 Å². The van der Waals surface area contributed by atoms with Gasteiger partial charge in [-0.15, -0.1) is 0 Å². The van der Waals surface area contributed by atoms with Crippen molar-refractivity contribution in [2.24, 2.45) is 0 Å². The minimum atomic E-state index is 1.20. The van der Waals surface area contributed by atoms with Gasteiger partial charge in [0.25, 0.3) is 0 Å². The minimum absolute atomic E-state index is 1.20. The second-order valence-corrected chi connectivity index (χ2v) is 3.64. The van der Waals surface area contributed by atoms with Crippen LogP contribution in [0.4, 0.5) is 0 Å². The second kappa shape index (κ2) is 4.50. The zero-order valence-corrected chi connectivity index (χ0v) is 7.95. The summed E-state index contributed by atoms with van der Waals surface area (Å²) in [4.78, 5) is 1.44. The first-order valence-corrected chi connectivity index (χ1v) is 4.95. The lowest BCUT2D eigenvalue weighted by Crippen LogP contribution is -1.99. The predicted molar refractivity (Wildman–Crippen MR) is 51.1 cm³/mol. The highest BCUT2D eigenvalue weighted by atomic mass is 32.2. The van der Waals surface area contributed by atoms with Gasteiger partial charge in [-0.25, -0.2) is 0 Å². The van der Waals surface area contributed by atoms with Crippen molar-refractivity contribution in [1.29, 1.82) is 0 Å². The lowest BCUT2D eigenvalue weighted by molar-refractivity contribution is 0.796. The van der Waals surface area contributed by atoms with Gasteiger partial charge in [0.1, 0.15) is 0 Å². The molecule has 1 aliphatic rings. The zero-order chi connectivity index (χ0) is 8.10. The fraction of sp³-hybridized carbons (Fsp3) is 0.556. The molecule has 0 N–H and O–H groups in total. The molecule has 0 unspecified atom stereocenters. The lowest BCUT2D eigenvalue weighted by Gasteiger charge is -2.11. The van der Waals surface area contributed by atoms with E-state index >= 15 is 0 Å². The van der Waals surface area contributed by atoms with Gasteiger partial charge in [0.2, 0.25) is 0 Å². The van der Waals surface area contributed by atoms with Gasteiger partial charge in [0.05, 0.1) is 0 Å². The molecule has 0 aromatic heterocycles. The maximum atomic E-state index is 4.24. The van der Waals surface area contributed by atoms with E-state index in [0.717, 1.165) is 0 Å². The second-order valence-electron chi connectivity index (χ2n) is 2.64. The van der Waals surface area contributed by atoms with Crippen LogP contribution in [0.3, 0.4) is 0 Å². The lowest BCUT2D eigenvalue weighted by atomic mass is 10.2. The normalized spacial score (nSPS) is 16.9. The highest BCUT2D eigenvalue weighted by Crippen LogP contribution is 2.28. The highest BCUT2D eigenvalue weighted by molar-refractivity contribution is 8.05. The Morgan fingerprint density at radius 1 is 1.55 bits per heavy atom. The third-order valence-electron chi connectivity index (χ3n) is 1.70. The Balaban J connectivity index is 2.41. The Bertz CT molecular complexity index is 182. The fourth-order valence-corrected chi connectivity index (χ4v) is 1.76. The SMILES string of the molecule is CCCCC1=C(C)[N]C=CS1. The highest BCUT2D eigenvalue weighted by Gasteiger charge is 2.04. The fourth-order valence-electron chi connectivity index (χ4n) is 0.989. The van der Waals surface area contributed by atoms with Gasteiger partial charge in [-0.1, -0.05) is 25.1 Å². The topological polar surface area (TPSA) is 14.1 Å². The molecule has 2 heteroatoms. The number of allylic oxidation sites excluding steroid dienone is 2. The molecule has 0 spiro atoms. The first kappa shape index (κ1) is 8.72. The largest absolute Gasteiger partial charge is 0.260 e. The molecule has 1 heterocycles. The van der Waals surface area contributed by atoms with Crippen LogP contribution in [0, 0.1) is 0 Å². The van der Waals surface area contributed by atoms with Crippen molar-refractivity contribution in [1.82, 2.24) is 5.32 Å². The molecule has 0 saturated heterocycles. The van der Waals surface area contributed by atoms with Gasteiger partial charge >= 0.3 is 0 Å². The van der Waals surface area contributed by atoms with Gasteiger partial charge in [-0.05, 0) is 25.2 Å². The zero-order valence-electron chi connectivity index (χ0n) is 7.13. The molecule has 1 aliphatic heterocycles. The molecule has 0 bridgehead atoms. The molecule has 1 radical (unpaired) electrons. The van der Waals surface area contributed by atoms with Crippen molar-refractivity contribution in [2.45, 2.75) is 33.1 Å². The van der Waals surface area contributed by atoms with E-state index in [4.69, 9.17) is 0 Å². The summed E-state index contributed by atoms with van der Waals surface area (Å²) in [5, 5.41) is 6.30. The minimum Gasteiger partial charge on any atom is -0.260 e. The Kier molecular flexibility index (Phi) is 3.57. The molecule has 0 atom stereocenters. The van der Waals surface area contributed by atoms with Crippen LogP contribution in [0.2, 0.25) is 0 Å². The van der Waals surface area contributed by atoms with E-state index in [1.54, 1.807) is 0 Å². The molecule has 0 fully saturated rings. The molecular formula is C9H14NS. The number of unbranched alkanes of at least 4 members (excludes halogenated alkanes) is 1. The smallest absolute Gasteiger partial charge is 0.0471 e. The van der Waals surface area contributed by atoms with E-state index < -0.39 is 0 Å². The van der Waals surface area contributed by atoms with Gasteiger partial charge in [-0.2, -0.15) is 0 Å². The molecule has 11 heavy (non-hydrogen) atoms. The summed E-state index contributed by atoms with van der Waals surface area (Å²) >= 11 is 1.82. The Morgan fingerprint density at radius 2 is 2.36 bits per heavy atom. The molecule has 61 valence electrons. The van der Waals surface area contributed by atoms with E-state index in [1.165, 1.54) is 29.9 Å². The molecule has 0 saturated carbocycles. The van der Waals surface area contributed by atoms with Crippen molar-refractivity contribution >= 4 is 11.8 Å². The van der Waals surface area contributed by atoms with E-state index in [1.807, 2.05) is 18.0 Å². The molecule has 1 rings (SSSR count). The van der Waals surface area contributed by atoms with Crippen LogP contribution in [-0.4, -0.2) is 0 Å². The average Bonchev–Trinajstić information content (AvgIpc) is 2.03. The predicted octanol–water partition coefficient (Wildman–Crippen LogP) is 3.23. The summed E-state index contributed by atoms with van der Waals surface area (Å²) in [7, 11) is 0. The standard InChI is InChI=1S/C9H14NS/c1-3-4-5-9-8(2)10-6-7-11-9/h6-7H,3-5H2,1-2H3. The van der Waals surface area contributed by atoms with Gasteiger partial charge < -0.3 is 0 Å². The molecule has 0 aromatic rings. The van der Waals surface area contributed by atoms with E-state index in [2.05, 4.69) is 24.6 Å². The summed E-state index contributed by atoms with van der Waals surface area (Å²) in [6, 6.07) is 0. The van der Waals surface area contributed by atoms with Crippen LogP contribution in [0.1, 0.15) is 33.1 Å². The summed E-state index contributed by atoms with van der Waals surface area (Å²) in [6.07, 6.45) is 5.61. The van der Waals surface area contributed by atoms with Crippen LogP contribution >= 0.6 is 11.8 Å².